The summed E-state index contributed by atoms with van der Waals surface area (Å²) < 4.78 is 26.5. The molecule has 0 spiro atoms. The lowest BCUT2D eigenvalue weighted by Crippen LogP contribution is -2.46. The van der Waals surface area contributed by atoms with E-state index in [2.05, 4.69) is 23.9 Å². The number of hydrogen-bond donors (Lipinski definition) is 2. The lowest BCUT2D eigenvalue weighted by atomic mass is 9.76. The lowest BCUT2D eigenvalue weighted by Gasteiger charge is -2.34. The predicted molar refractivity (Wildman–Crippen MR) is 90.6 cm³/mol. The highest BCUT2D eigenvalue weighted by atomic mass is 32.2. The molecule has 0 bridgehead atoms. The first kappa shape index (κ1) is 17.5. The van der Waals surface area contributed by atoms with E-state index in [1.807, 2.05) is 19.9 Å². The molecule has 1 atom stereocenters. The van der Waals surface area contributed by atoms with Crippen LogP contribution >= 0.6 is 0 Å². The first-order valence-electron chi connectivity index (χ1n) is 7.65. The number of carbonyl (C=O) groups is 1. The zero-order chi connectivity index (χ0) is 17.3. The fourth-order valence-electron chi connectivity index (χ4n) is 3.07. The van der Waals surface area contributed by atoms with E-state index >= 15 is 0 Å². The van der Waals surface area contributed by atoms with Crippen molar-refractivity contribution in [3.63, 3.8) is 0 Å². The summed E-state index contributed by atoms with van der Waals surface area (Å²) >= 11 is 0. The third kappa shape index (κ3) is 4.82. The van der Waals surface area contributed by atoms with Gasteiger partial charge in [-0.2, -0.15) is 0 Å². The number of aryl methyl sites for hydroxylation is 1. The first-order valence-corrected chi connectivity index (χ1v) is 9.13. The SMILES string of the molecule is CC1=CC(NC(=O)NS(=O)(=O)c2ccc(C)cc2)CC(C)(C)C1. The van der Waals surface area contributed by atoms with Crippen molar-refractivity contribution in [2.24, 2.45) is 5.41 Å². The molecule has 6 heteroatoms. The molecule has 1 aromatic rings. The molecule has 2 amide bonds. The Kier molecular flexibility index (Phi) is 4.84. The van der Waals surface area contributed by atoms with Gasteiger partial charge in [0.2, 0.25) is 0 Å². The van der Waals surface area contributed by atoms with Crippen LogP contribution in [0.4, 0.5) is 4.79 Å². The number of benzene rings is 1. The Morgan fingerprint density at radius 3 is 2.35 bits per heavy atom. The molecule has 1 unspecified atom stereocenters. The quantitative estimate of drug-likeness (QED) is 0.833. The van der Waals surface area contributed by atoms with E-state index < -0.39 is 16.1 Å². The minimum absolute atomic E-state index is 0.0777. The highest BCUT2D eigenvalue weighted by Gasteiger charge is 2.28. The van der Waals surface area contributed by atoms with Crippen LogP contribution < -0.4 is 10.0 Å². The second kappa shape index (κ2) is 6.35. The van der Waals surface area contributed by atoms with Crippen LogP contribution in [0.25, 0.3) is 0 Å². The second-order valence-electron chi connectivity index (χ2n) is 7.06. The molecule has 1 aliphatic carbocycles. The lowest BCUT2D eigenvalue weighted by molar-refractivity contribution is 0.234. The smallest absolute Gasteiger partial charge is 0.329 e. The van der Waals surface area contributed by atoms with Crippen molar-refractivity contribution in [3.8, 4) is 0 Å². The number of rotatable bonds is 3. The van der Waals surface area contributed by atoms with Crippen LogP contribution in [0.5, 0.6) is 0 Å². The van der Waals surface area contributed by atoms with Gasteiger partial charge in [0.1, 0.15) is 0 Å². The van der Waals surface area contributed by atoms with E-state index in [0.717, 1.165) is 18.4 Å². The van der Waals surface area contributed by atoms with Crippen LogP contribution in [0.15, 0.2) is 40.8 Å². The van der Waals surface area contributed by atoms with Gasteiger partial charge >= 0.3 is 6.03 Å². The molecule has 0 saturated carbocycles. The van der Waals surface area contributed by atoms with Gasteiger partial charge in [0, 0.05) is 6.04 Å². The maximum absolute atomic E-state index is 12.2. The van der Waals surface area contributed by atoms with E-state index in [4.69, 9.17) is 0 Å². The fourth-order valence-corrected chi connectivity index (χ4v) is 3.99. The summed E-state index contributed by atoms with van der Waals surface area (Å²) in [5.41, 5.74) is 2.25. The Hall–Kier alpha value is -1.82. The molecule has 5 nitrogen and oxygen atoms in total. The zero-order valence-corrected chi connectivity index (χ0v) is 14.8. The van der Waals surface area contributed by atoms with Crippen molar-refractivity contribution >= 4 is 16.1 Å². The van der Waals surface area contributed by atoms with E-state index in [1.54, 1.807) is 12.1 Å². The van der Waals surface area contributed by atoms with Gasteiger partial charge in [0.05, 0.1) is 4.90 Å². The topological polar surface area (TPSA) is 75.3 Å². The number of urea groups is 1. The van der Waals surface area contributed by atoms with Crippen LogP contribution in [0.2, 0.25) is 0 Å². The van der Waals surface area contributed by atoms with Crippen molar-refractivity contribution < 1.29 is 13.2 Å². The molecule has 0 aromatic heterocycles. The van der Waals surface area contributed by atoms with Crippen LogP contribution in [-0.4, -0.2) is 20.5 Å². The van der Waals surface area contributed by atoms with Crippen LogP contribution in [0.1, 0.15) is 39.2 Å². The summed E-state index contributed by atoms with van der Waals surface area (Å²) in [4.78, 5) is 12.1. The zero-order valence-electron chi connectivity index (χ0n) is 14.0. The van der Waals surface area contributed by atoms with Crippen LogP contribution in [-0.2, 0) is 10.0 Å². The Morgan fingerprint density at radius 2 is 1.78 bits per heavy atom. The molecule has 126 valence electrons. The summed E-state index contributed by atoms with van der Waals surface area (Å²) in [5, 5.41) is 2.74. The van der Waals surface area contributed by atoms with Gasteiger partial charge in [0.25, 0.3) is 10.0 Å². The van der Waals surface area contributed by atoms with Gasteiger partial charge in [-0.3, -0.25) is 0 Å². The Bertz CT molecular complexity index is 719. The highest BCUT2D eigenvalue weighted by Crippen LogP contribution is 2.34. The van der Waals surface area contributed by atoms with Crippen LogP contribution in [0.3, 0.4) is 0 Å². The molecular weight excluding hydrogens is 312 g/mol. The van der Waals surface area contributed by atoms with Gasteiger partial charge in [0.15, 0.2) is 0 Å². The van der Waals surface area contributed by atoms with Gasteiger partial charge in [-0.05, 0) is 44.2 Å². The van der Waals surface area contributed by atoms with Crippen LogP contribution in [0, 0.1) is 12.3 Å². The number of hydrogen-bond acceptors (Lipinski definition) is 3. The Morgan fingerprint density at radius 1 is 1.17 bits per heavy atom. The third-order valence-electron chi connectivity index (χ3n) is 3.89. The molecule has 23 heavy (non-hydrogen) atoms. The van der Waals surface area contributed by atoms with Crippen molar-refractivity contribution in [2.45, 2.75) is 51.5 Å². The fraction of sp³-hybridized carbons (Fsp3) is 0.471. The molecule has 0 saturated heterocycles. The number of carbonyl (C=O) groups excluding carboxylic acids is 1. The summed E-state index contributed by atoms with van der Waals surface area (Å²) in [5.74, 6) is 0. The monoisotopic (exact) mass is 336 g/mol. The summed E-state index contributed by atoms with van der Waals surface area (Å²) in [6, 6.07) is 5.51. The number of nitrogens with one attached hydrogen (secondary N) is 2. The molecule has 0 aliphatic heterocycles. The third-order valence-corrected chi connectivity index (χ3v) is 5.24. The van der Waals surface area contributed by atoms with E-state index in [0.29, 0.717) is 0 Å². The molecule has 0 radical (unpaired) electrons. The van der Waals surface area contributed by atoms with Gasteiger partial charge in [-0.1, -0.05) is 43.2 Å². The van der Waals surface area contributed by atoms with E-state index in [-0.39, 0.29) is 16.4 Å². The predicted octanol–water partition coefficient (Wildman–Crippen LogP) is 3.12. The second-order valence-corrected chi connectivity index (χ2v) is 8.74. The number of amides is 2. The van der Waals surface area contributed by atoms with Gasteiger partial charge in [-0.15, -0.1) is 0 Å². The van der Waals surface area contributed by atoms with Crippen molar-refractivity contribution in [3.05, 3.63) is 41.5 Å². The van der Waals surface area contributed by atoms with Gasteiger partial charge in [-0.25, -0.2) is 17.9 Å². The van der Waals surface area contributed by atoms with E-state index in [9.17, 15) is 13.2 Å². The van der Waals surface area contributed by atoms with Crippen molar-refractivity contribution in [2.75, 3.05) is 0 Å². The maximum Gasteiger partial charge on any atom is 0.329 e. The number of allylic oxidation sites excluding steroid dienone is 1. The first-order chi connectivity index (χ1) is 10.6. The van der Waals surface area contributed by atoms with E-state index in [1.165, 1.54) is 17.7 Å². The van der Waals surface area contributed by atoms with Crippen molar-refractivity contribution in [1.29, 1.82) is 0 Å². The Balaban J connectivity index is 2.04. The minimum Gasteiger partial charge on any atom is -0.331 e. The Labute approximate surface area is 138 Å². The molecular formula is C17H24N2O3S. The largest absolute Gasteiger partial charge is 0.331 e. The standard InChI is InChI=1S/C17H24N2O3S/c1-12-5-7-15(8-6-12)23(21,22)19-16(20)18-14-9-13(2)10-17(3,4)11-14/h5-9,14H,10-11H2,1-4H3,(H2,18,19,20). The summed E-state index contributed by atoms with van der Waals surface area (Å²) in [6.45, 7) is 8.17. The van der Waals surface area contributed by atoms with Gasteiger partial charge < -0.3 is 5.32 Å². The highest BCUT2D eigenvalue weighted by molar-refractivity contribution is 7.90. The number of sulfonamides is 1. The van der Waals surface area contributed by atoms with Crippen molar-refractivity contribution in [1.82, 2.24) is 10.0 Å². The minimum atomic E-state index is -3.85. The normalized spacial score (nSPS) is 20.5. The molecule has 2 rings (SSSR count). The average molecular weight is 336 g/mol. The summed E-state index contributed by atoms with van der Waals surface area (Å²) in [7, 11) is -3.85. The molecule has 1 aromatic carbocycles. The average Bonchev–Trinajstić information content (AvgIpc) is 2.35. The summed E-state index contributed by atoms with van der Waals surface area (Å²) in [6.07, 6.45) is 3.75. The molecule has 0 fully saturated rings. The molecule has 0 heterocycles. The molecule has 1 aliphatic rings. The maximum atomic E-state index is 12.2. The molecule has 2 N–H and O–H groups in total.